The summed E-state index contributed by atoms with van der Waals surface area (Å²) in [5, 5.41) is 8.60. The number of amides is 1. The van der Waals surface area contributed by atoms with Gasteiger partial charge in [0.25, 0.3) is 5.91 Å². The van der Waals surface area contributed by atoms with Gasteiger partial charge in [0.15, 0.2) is 0 Å². The number of carbonyl (C=O) groups is 2. The molecule has 1 aromatic carbocycles. The van der Waals surface area contributed by atoms with Gasteiger partial charge in [-0.05, 0) is 18.2 Å². The molecule has 1 aliphatic heterocycles. The second-order valence-corrected chi connectivity index (χ2v) is 4.14. The van der Waals surface area contributed by atoms with Crippen LogP contribution >= 0.6 is 0 Å². The highest BCUT2D eigenvalue weighted by molar-refractivity contribution is 5.95. The molecular formula is C13H11FN2O2. The number of nitriles is 1. The van der Waals surface area contributed by atoms with Crippen molar-refractivity contribution in [3.8, 4) is 6.07 Å². The fourth-order valence-corrected chi connectivity index (χ4v) is 1.88. The maximum atomic E-state index is 13.4. The summed E-state index contributed by atoms with van der Waals surface area (Å²) >= 11 is 0. The molecule has 0 spiro atoms. The van der Waals surface area contributed by atoms with Gasteiger partial charge in [0.05, 0.1) is 5.56 Å². The largest absolute Gasteiger partial charge is 0.338 e. The van der Waals surface area contributed by atoms with Crippen molar-refractivity contribution in [3.05, 3.63) is 35.1 Å². The minimum atomic E-state index is -0.698. The summed E-state index contributed by atoms with van der Waals surface area (Å²) in [5.41, 5.74) is 0.126. The molecule has 1 heterocycles. The van der Waals surface area contributed by atoms with E-state index in [0.29, 0.717) is 25.9 Å². The molecule has 0 saturated carbocycles. The molecule has 1 saturated heterocycles. The van der Waals surface area contributed by atoms with Gasteiger partial charge in [-0.3, -0.25) is 9.59 Å². The number of hydrogen-bond acceptors (Lipinski definition) is 3. The first-order valence-electron chi connectivity index (χ1n) is 5.62. The normalized spacial score (nSPS) is 15.3. The number of piperidine rings is 1. The Bertz CT molecular complexity index is 538. The number of benzene rings is 1. The van der Waals surface area contributed by atoms with Crippen molar-refractivity contribution in [3.63, 3.8) is 0 Å². The number of carbonyl (C=O) groups excluding carboxylic acids is 2. The zero-order valence-electron chi connectivity index (χ0n) is 9.65. The summed E-state index contributed by atoms with van der Waals surface area (Å²) in [6.45, 7) is 0.749. The minimum absolute atomic E-state index is 0.0830. The third-order valence-corrected chi connectivity index (χ3v) is 2.94. The summed E-state index contributed by atoms with van der Waals surface area (Å²) in [7, 11) is 0. The van der Waals surface area contributed by atoms with Crippen LogP contribution in [0.5, 0.6) is 0 Å². The van der Waals surface area contributed by atoms with Crippen LogP contribution in [0.3, 0.4) is 0 Å². The molecule has 1 amide bonds. The van der Waals surface area contributed by atoms with Crippen LogP contribution in [0.25, 0.3) is 0 Å². The van der Waals surface area contributed by atoms with Crippen LogP contribution in [0.1, 0.15) is 28.8 Å². The number of rotatable bonds is 1. The molecule has 2 rings (SSSR count). The van der Waals surface area contributed by atoms with Gasteiger partial charge in [-0.15, -0.1) is 0 Å². The first-order valence-corrected chi connectivity index (χ1v) is 5.62. The van der Waals surface area contributed by atoms with Crippen molar-refractivity contribution in [2.75, 3.05) is 13.1 Å². The molecule has 1 aliphatic rings. The number of hydrogen-bond donors (Lipinski definition) is 0. The molecular weight excluding hydrogens is 235 g/mol. The average Bonchev–Trinajstić information content (AvgIpc) is 2.38. The Labute approximate surface area is 104 Å². The van der Waals surface area contributed by atoms with E-state index < -0.39 is 5.82 Å². The molecule has 18 heavy (non-hydrogen) atoms. The zero-order valence-corrected chi connectivity index (χ0v) is 9.65. The molecule has 1 aromatic rings. The lowest BCUT2D eigenvalue weighted by Crippen LogP contribution is -2.38. The van der Waals surface area contributed by atoms with Crippen LogP contribution in [-0.2, 0) is 4.79 Å². The fraction of sp³-hybridized carbons (Fsp3) is 0.308. The Balaban J connectivity index is 2.17. The van der Waals surface area contributed by atoms with Gasteiger partial charge in [0.2, 0.25) is 0 Å². The first-order chi connectivity index (χ1) is 8.61. The molecule has 1 fully saturated rings. The molecule has 5 heteroatoms. The molecule has 0 aromatic heterocycles. The van der Waals surface area contributed by atoms with Gasteiger partial charge in [-0.2, -0.15) is 5.26 Å². The van der Waals surface area contributed by atoms with Crippen molar-refractivity contribution in [1.82, 2.24) is 4.90 Å². The summed E-state index contributed by atoms with van der Waals surface area (Å²) in [6, 6.07) is 5.49. The molecule has 0 N–H and O–H groups in total. The Morgan fingerprint density at radius 1 is 1.33 bits per heavy atom. The van der Waals surface area contributed by atoms with Gasteiger partial charge >= 0.3 is 0 Å². The number of nitrogens with zero attached hydrogens (tertiary/aromatic N) is 2. The van der Waals surface area contributed by atoms with Crippen molar-refractivity contribution in [2.24, 2.45) is 0 Å². The molecule has 0 unspecified atom stereocenters. The van der Waals surface area contributed by atoms with Crippen LogP contribution in [-0.4, -0.2) is 29.7 Å². The second-order valence-electron chi connectivity index (χ2n) is 4.14. The van der Waals surface area contributed by atoms with E-state index in [2.05, 4.69) is 0 Å². The number of likely N-dealkylation sites (tertiary alicyclic amines) is 1. The van der Waals surface area contributed by atoms with Gasteiger partial charge in [-0.1, -0.05) is 0 Å². The molecule has 0 atom stereocenters. The van der Waals surface area contributed by atoms with Gasteiger partial charge in [0.1, 0.15) is 17.7 Å². The lowest BCUT2D eigenvalue weighted by molar-refractivity contribution is -0.120. The van der Waals surface area contributed by atoms with E-state index in [1.54, 1.807) is 6.07 Å². The summed E-state index contributed by atoms with van der Waals surface area (Å²) in [5.74, 6) is -0.854. The number of halogens is 1. The fourth-order valence-electron chi connectivity index (χ4n) is 1.88. The van der Waals surface area contributed by atoms with E-state index in [0.717, 1.165) is 6.07 Å². The van der Waals surface area contributed by atoms with E-state index in [4.69, 9.17) is 5.26 Å². The summed E-state index contributed by atoms with van der Waals surface area (Å²) in [6.07, 6.45) is 0.703. The minimum Gasteiger partial charge on any atom is -0.338 e. The quantitative estimate of drug-likeness (QED) is 0.754. The molecule has 92 valence electrons. The van der Waals surface area contributed by atoms with Crippen molar-refractivity contribution < 1.29 is 14.0 Å². The Hall–Kier alpha value is -2.22. The molecule has 0 bridgehead atoms. The van der Waals surface area contributed by atoms with E-state index in [1.165, 1.54) is 17.0 Å². The van der Waals surface area contributed by atoms with Crippen molar-refractivity contribution in [2.45, 2.75) is 12.8 Å². The van der Waals surface area contributed by atoms with Crippen molar-refractivity contribution in [1.29, 1.82) is 5.26 Å². The topological polar surface area (TPSA) is 61.2 Å². The van der Waals surface area contributed by atoms with Crippen LogP contribution in [0.2, 0.25) is 0 Å². The van der Waals surface area contributed by atoms with Gasteiger partial charge in [0, 0.05) is 31.5 Å². The number of ketones is 1. The van der Waals surface area contributed by atoms with Crippen LogP contribution < -0.4 is 0 Å². The van der Waals surface area contributed by atoms with Crippen LogP contribution in [0.4, 0.5) is 4.39 Å². The smallest absolute Gasteiger partial charge is 0.253 e. The van der Waals surface area contributed by atoms with E-state index >= 15 is 0 Å². The molecule has 4 nitrogen and oxygen atoms in total. The predicted octanol–water partition coefficient (Wildman–Crippen LogP) is 1.50. The maximum Gasteiger partial charge on any atom is 0.253 e. The van der Waals surface area contributed by atoms with Crippen LogP contribution in [0.15, 0.2) is 18.2 Å². The second kappa shape index (κ2) is 4.96. The Kier molecular flexibility index (Phi) is 3.38. The standard InChI is InChI=1S/C13H11FN2O2/c14-12-7-9(1-2-10(12)8-15)13(18)16-5-3-11(17)4-6-16/h1-2,7H,3-6H2. The third kappa shape index (κ3) is 2.38. The zero-order chi connectivity index (χ0) is 13.1. The Morgan fingerprint density at radius 2 is 2.00 bits per heavy atom. The van der Waals surface area contributed by atoms with E-state index in [-0.39, 0.29) is 22.8 Å². The Morgan fingerprint density at radius 3 is 2.56 bits per heavy atom. The van der Waals surface area contributed by atoms with Gasteiger partial charge in [-0.25, -0.2) is 4.39 Å². The first kappa shape index (κ1) is 12.2. The summed E-state index contributed by atoms with van der Waals surface area (Å²) in [4.78, 5) is 24.6. The highest BCUT2D eigenvalue weighted by atomic mass is 19.1. The number of Topliss-reactive ketones (excluding diaryl/α,β-unsaturated/α-hetero) is 1. The van der Waals surface area contributed by atoms with Crippen molar-refractivity contribution >= 4 is 11.7 Å². The molecule has 0 aliphatic carbocycles. The van der Waals surface area contributed by atoms with E-state index in [9.17, 15) is 14.0 Å². The summed E-state index contributed by atoms with van der Waals surface area (Å²) < 4.78 is 13.4. The third-order valence-electron chi connectivity index (χ3n) is 2.94. The van der Waals surface area contributed by atoms with E-state index in [1.807, 2.05) is 0 Å². The highest BCUT2D eigenvalue weighted by Crippen LogP contribution is 2.14. The highest BCUT2D eigenvalue weighted by Gasteiger charge is 2.22. The average molecular weight is 246 g/mol. The lowest BCUT2D eigenvalue weighted by atomic mass is 10.1. The SMILES string of the molecule is N#Cc1ccc(C(=O)N2CCC(=O)CC2)cc1F. The monoisotopic (exact) mass is 246 g/mol. The van der Waals surface area contributed by atoms with Gasteiger partial charge < -0.3 is 4.90 Å². The maximum absolute atomic E-state index is 13.4. The van der Waals surface area contributed by atoms with Crippen LogP contribution in [0, 0.1) is 17.1 Å². The molecule has 0 radical (unpaired) electrons. The lowest BCUT2D eigenvalue weighted by Gasteiger charge is -2.26. The predicted molar refractivity (Wildman–Crippen MR) is 61.3 cm³/mol.